The summed E-state index contributed by atoms with van der Waals surface area (Å²) in [5.74, 6) is 0. The highest BCUT2D eigenvalue weighted by atomic mass is 15.5. The van der Waals surface area contributed by atoms with Crippen LogP contribution in [0.4, 0.5) is 0 Å². The Hall–Kier alpha value is -0.860. The predicted molar refractivity (Wildman–Crippen MR) is 109 cm³/mol. The van der Waals surface area contributed by atoms with Gasteiger partial charge in [0.25, 0.3) is 0 Å². The molecule has 0 aliphatic carbocycles. The molecule has 0 unspecified atom stereocenters. The molecule has 1 aromatic rings. The first-order chi connectivity index (χ1) is 10.7. The van der Waals surface area contributed by atoms with Crippen LogP contribution in [0.3, 0.4) is 0 Å². The second kappa shape index (κ2) is 5.82. The van der Waals surface area contributed by atoms with Crippen LogP contribution in [-0.2, 0) is 11.0 Å². The van der Waals surface area contributed by atoms with E-state index in [-0.39, 0.29) is 32.6 Å². The van der Waals surface area contributed by atoms with E-state index in [0.717, 1.165) is 0 Å². The van der Waals surface area contributed by atoms with Crippen molar-refractivity contribution >= 4 is 0 Å². The van der Waals surface area contributed by atoms with Gasteiger partial charge in [-0.15, -0.1) is 5.10 Å². The van der Waals surface area contributed by atoms with E-state index in [2.05, 4.69) is 112 Å². The molecule has 0 aromatic carbocycles. The topological polar surface area (TPSA) is 30.7 Å². The van der Waals surface area contributed by atoms with Crippen LogP contribution in [-0.4, -0.2) is 15.0 Å². The molecule has 0 N–H and O–H groups in total. The maximum atomic E-state index is 4.60. The van der Waals surface area contributed by atoms with E-state index in [4.69, 9.17) is 0 Å². The molecule has 1 heterocycles. The molecule has 3 nitrogen and oxygen atoms in total. The molecule has 146 valence electrons. The molecule has 0 spiro atoms. The van der Waals surface area contributed by atoms with Crippen molar-refractivity contribution in [1.29, 1.82) is 0 Å². The Labute approximate surface area is 157 Å². The summed E-state index contributed by atoms with van der Waals surface area (Å²) in [4.78, 5) is 0. The molecule has 0 fully saturated rings. The molecule has 0 radical (unpaired) electrons. The van der Waals surface area contributed by atoms with Crippen LogP contribution < -0.4 is 0 Å². The van der Waals surface area contributed by atoms with Crippen molar-refractivity contribution in [3.05, 3.63) is 11.9 Å². The minimum Gasteiger partial charge on any atom is -0.243 e. The highest BCUT2D eigenvalue weighted by Crippen LogP contribution is 2.55. The van der Waals surface area contributed by atoms with Crippen LogP contribution in [0.1, 0.15) is 103 Å². The van der Waals surface area contributed by atoms with Gasteiger partial charge in [0.2, 0.25) is 0 Å². The van der Waals surface area contributed by atoms with Crippen molar-refractivity contribution in [2.24, 2.45) is 21.7 Å². The van der Waals surface area contributed by atoms with Gasteiger partial charge >= 0.3 is 0 Å². The summed E-state index contributed by atoms with van der Waals surface area (Å²) >= 11 is 0. The Balaban J connectivity index is 3.61. The number of nitrogens with zero attached hydrogens (tertiary/aromatic N) is 3. The number of aromatic nitrogens is 3. The van der Waals surface area contributed by atoms with Gasteiger partial charge in [0.05, 0.1) is 17.4 Å². The highest BCUT2D eigenvalue weighted by molar-refractivity contribution is 5.20. The third kappa shape index (κ3) is 3.17. The van der Waals surface area contributed by atoms with Crippen LogP contribution in [0.2, 0.25) is 0 Å². The first kappa shape index (κ1) is 22.2. The fourth-order valence-corrected chi connectivity index (χ4v) is 3.51. The molecule has 0 aliphatic heterocycles. The molecule has 0 aliphatic rings. The van der Waals surface area contributed by atoms with E-state index in [9.17, 15) is 0 Å². The van der Waals surface area contributed by atoms with Crippen molar-refractivity contribution in [2.75, 3.05) is 0 Å². The Morgan fingerprint density at radius 2 is 1.04 bits per heavy atom. The van der Waals surface area contributed by atoms with E-state index in [0.29, 0.717) is 0 Å². The smallest absolute Gasteiger partial charge is 0.0731 e. The fourth-order valence-electron chi connectivity index (χ4n) is 3.51. The molecular weight excluding hydrogens is 306 g/mol. The zero-order chi connectivity index (χ0) is 20.3. The quantitative estimate of drug-likeness (QED) is 0.626. The Morgan fingerprint density at radius 3 is 1.40 bits per heavy atom. The van der Waals surface area contributed by atoms with Gasteiger partial charge in [-0.05, 0) is 35.5 Å². The molecule has 25 heavy (non-hydrogen) atoms. The monoisotopic (exact) mass is 349 g/mol. The van der Waals surface area contributed by atoms with Crippen LogP contribution in [0.5, 0.6) is 0 Å². The zero-order valence-electron chi connectivity index (χ0n) is 19.4. The minimum atomic E-state index is -0.164. The molecule has 0 amide bonds. The predicted octanol–water partition coefficient (Wildman–Crippen LogP) is 6.44. The van der Waals surface area contributed by atoms with Gasteiger partial charge in [-0.25, -0.2) is 4.68 Å². The first-order valence-electron chi connectivity index (χ1n) is 9.64. The van der Waals surface area contributed by atoms with E-state index in [1.54, 1.807) is 0 Å². The SMILES string of the molecule is CC(C)(C)C(C)(C)C(C)(C)c1cnnn1C(C)(C)C(C)(C)C(C)(C)C. The molecule has 3 heteroatoms. The van der Waals surface area contributed by atoms with Crippen molar-refractivity contribution in [1.82, 2.24) is 15.0 Å². The van der Waals surface area contributed by atoms with Gasteiger partial charge in [0, 0.05) is 5.41 Å². The summed E-state index contributed by atoms with van der Waals surface area (Å²) in [5.41, 5.74) is 1.39. The lowest BCUT2D eigenvalue weighted by Crippen LogP contribution is -2.53. The number of hydrogen-bond donors (Lipinski definition) is 0. The third-order valence-electron chi connectivity index (χ3n) is 8.56. The molecule has 1 rings (SSSR count). The first-order valence-corrected chi connectivity index (χ1v) is 9.64. The normalized spacial score (nSPS) is 15.6. The molecular formula is C22H43N3. The molecule has 0 atom stereocenters. The van der Waals surface area contributed by atoms with Gasteiger partial charge in [0.15, 0.2) is 0 Å². The summed E-state index contributed by atoms with van der Waals surface area (Å²) in [6.45, 7) is 32.6. The maximum Gasteiger partial charge on any atom is 0.0731 e. The lowest BCUT2D eigenvalue weighted by molar-refractivity contribution is -0.0190. The molecule has 1 aromatic heterocycles. The van der Waals surface area contributed by atoms with Crippen LogP contribution in [0.15, 0.2) is 6.20 Å². The maximum absolute atomic E-state index is 4.60. The lowest BCUT2D eigenvalue weighted by atomic mass is 9.54. The van der Waals surface area contributed by atoms with E-state index in [1.165, 1.54) is 5.69 Å². The van der Waals surface area contributed by atoms with E-state index >= 15 is 0 Å². The van der Waals surface area contributed by atoms with Gasteiger partial charge < -0.3 is 0 Å². The lowest BCUT2D eigenvalue weighted by Gasteiger charge is -2.54. The average molecular weight is 350 g/mol. The number of rotatable bonds is 4. The Kier molecular flexibility index (Phi) is 5.17. The van der Waals surface area contributed by atoms with Crippen molar-refractivity contribution in [2.45, 2.75) is 108 Å². The van der Waals surface area contributed by atoms with Crippen molar-refractivity contribution in [3.63, 3.8) is 0 Å². The third-order valence-corrected chi connectivity index (χ3v) is 8.56. The Morgan fingerprint density at radius 1 is 0.640 bits per heavy atom. The fraction of sp³-hybridized carbons (Fsp3) is 0.909. The Bertz CT molecular complexity index is 549. The summed E-state index contributed by atoms with van der Waals surface area (Å²) < 4.78 is 2.20. The molecule has 0 saturated carbocycles. The number of hydrogen-bond acceptors (Lipinski definition) is 2. The van der Waals surface area contributed by atoms with E-state index in [1.807, 2.05) is 6.20 Å². The van der Waals surface area contributed by atoms with Crippen molar-refractivity contribution < 1.29 is 0 Å². The van der Waals surface area contributed by atoms with E-state index < -0.39 is 0 Å². The standard InChI is InChI=1S/C22H43N3/c1-17(2,3)20(9,10)19(7,8)16-15-23-24-25(16)22(13,14)21(11,12)18(4,5)6/h15H,1-14H3. The highest BCUT2D eigenvalue weighted by Gasteiger charge is 2.52. The van der Waals surface area contributed by atoms with Gasteiger partial charge in [0.1, 0.15) is 0 Å². The minimum absolute atomic E-state index is 0.0321. The van der Waals surface area contributed by atoms with Crippen LogP contribution in [0.25, 0.3) is 0 Å². The summed E-state index contributed by atoms with van der Waals surface area (Å²) in [5, 5.41) is 8.95. The largest absolute Gasteiger partial charge is 0.243 e. The van der Waals surface area contributed by atoms with Gasteiger partial charge in [-0.2, -0.15) is 0 Å². The zero-order valence-corrected chi connectivity index (χ0v) is 19.4. The van der Waals surface area contributed by atoms with Crippen molar-refractivity contribution in [3.8, 4) is 0 Å². The summed E-state index contributed by atoms with van der Waals surface area (Å²) in [6.07, 6.45) is 1.98. The summed E-state index contributed by atoms with van der Waals surface area (Å²) in [7, 11) is 0. The molecule has 0 bridgehead atoms. The van der Waals surface area contributed by atoms with Crippen LogP contribution in [0, 0.1) is 21.7 Å². The average Bonchev–Trinajstić information content (AvgIpc) is 2.85. The van der Waals surface area contributed by atoms with Gasteiger partial charge in [-0.1, -0.05) is 88.3 Å². The van der Waals surface area contributed by atoms with Crippen LogP contribution >= 0.6 is 0 Å². The summed E-state index contributed by atoms with van der Waals surface area (Å²) in [6, 6.07) is 0. The second-order valence-corrected chi connectivity index (χ2v) is 12.0. The molecule has 0 saturated heterocycles. The van der Waals surface area contributed by atoms with Gasteiger partial charge in [-0.3, -0.25) is 0 Å². The second-order valence-electron chi connectivity index (χ2n) is 12.0.